The SMILES string of the molecule is CN=C(NCC(C)(C)C(=O)NC)N1CCN(C/C=C/c2ccccc2)CC1.I. The van der Waals surface area contributed by atoms with E-state index in [1.165, 1.54) is 5.56 Å². The van der Waals surface area contributed by atoms with Crippen LogP contribution in [0.3, 0.4) is 0 Å². The number of halogens is 1. The molecule has 1 amide bonds. The molecule has 0 unspecified atom stereocenters. The van der Waals surface area contributed by atoms with Crippen LogP contribution in [0.25, 0.3) is 6.08 Å². The lowest BCUT2D eigenvalue weighted by Gasteiger charge is -2.37. The summed E-state index contributed by atoms with van der Waals surface area (Å²) in [4.78, 5) is 21.0. The van der Waals surface area contributed by atoms with Crippen molar-refractivity contribution < 1.29 is 4.79 Å². The van der Waals surface area contributed by atoms with E-state index >= 15 is 0 Å². The number of carbonyl (C=O) groups excluding carboxylic acids is 1. The van der Waals surface area contributed by atoms with Crippen LogP contribution in [-0.4, -0.2) is 75.0 Å². The van der Waals surface area contributed by atoms with E-state index in [0.29, 0.717) is 6.54 Å². The molecule has 1 fully saturated rings. The zero-order valence-electron chi connectivity index (χ0n) is 17.4. The Bertz CT molecular complexity index is 652. The van der Waals surface area contributed by atoms with Gasteiger partial charge < -0.3 is 15.5 Å². The molecule has 1 aliphatic heterocycles. The minimum Gasteiger partial charge on any atom is -0.359 e. The van der Waals surface area contributed by atoms with Gasteiger partial charge in [-0.15, -0.1) is 24.0 Å². The normalized spacial score (nSPS) is 16.0. The molecule has 156 valence electrons. The molecule has 0 spiro atoms. The Morgan fingerprint density at radius 2 is 1.82 bits per heavy atom. The van der Waals surface area contributed by atoms with E-state index in [4.69, 9.17) is 0 Å². The average Bonchev–Trinajstić information content (AvgIpc) is 2.69. The number of carbonyl (C=O) groups is 1. The summed E-state index contributed by atoms with van der Waals surface area (Å²) >= 11 is 0. The number of guanidine groups is 1. The van der Waals surface area contributed by atoms with Gasteiger partial charge in [0.25, 0.3) is 0 Å². The second kappa shape index (κ2) is 12.1. The van der Waals surface area contributed by atoms with Gasteiger partial charge in [-0.2, -0.15) is 0 Å². The molecule has 0 radical (unpaired) electrons. The molecule has 2 N–H and O–H groups in total. The predicted molar refractivity (Wildman–Crippen MR) is 128 cm³/mol. The van der Waals surface area contributed by atoms with Crippen LogP contribution in [0.1, 0.15) is 19.4 Å². The Kier molecular flexibility index (Phi) is 10.5. The summed E-state index contributed by atoms with van der Waals surface area (Å²) in [5.74, 6) is 0.895. The van der Waals surface area contributed by atoms with Gasteiger partial charge in [0.05, 0.1) is 5.41 Å². The monoisotopic (exact) mass is 499 g/mol. The molecule has 28 heavy (non-hydrogen) atoms. The smallest absolute Gasteiger partial charge is 0.227 e. The van der Waals surface area contributed by atoms with Gasteiger partial charge in [0.1, 0.15) is 0 Å². The number of rotatable bonds is 6. The third-order valence-electron chi connectivity index (χ3n) is 4.89. The van der Waals surface area contributed by atoms with Crippen LogP contribution < -0.4 is 10.6 Å². The molecule has 1 aromatic carbocycles. The van der Waals surface area contributed by atoms with Crippen LogP contribution >= 0.6 is 24.0 Å². The van der Waals surface area contributed by atoms with Crippen molar-refractivity contribution in [2.45, 2.75) is 13.8 Å². The second-order valence-corrected chi connectivity index (χ2v) is 7.46. The molecule has 2 rings (SSSR count). The first-order chi connectivity index (χ1) is 13.0. The quantitative estimate of drug-likeness (QED) is 0.358. The third-order valence-corrected chi connectivity index (χ3v) is 4.89. The third kappa shape index (κ3) is 7.43. The highest BCUT2D eigenvalue weighted by atomic mass is 127. The lowest BCUT2D eigenvalue weighted by atomic mass is 9.92. The van der Waals surface area contributed by atoms with Crippen LogP contribution in [-0.2, 0) is 4.79 Å². The van der Waals surface area contributed by atoms with E-state index in [9.17, 15) is 4.79 Å². The lowest BCUT2D eigenvalue weighted by Crippen LogP contribution is -2.54. The molecule has 1 saturated heterocycles. The van der Waals surface area contributed by atoms with Gasteiger partial charge in [0, 0.05) is 53.4 Å². The van der Waals surface area contributed by atoms with Gasteiger partial charge in [-0.05, 0) is 19.4 Å². The number of benzene rings is 1. The molecule has 1 heterocycles. The maximum atomic E-state index is 11.9. The van der Waals surface area contributed by atoms with E-state index in [1.54, 1.807) is 14.1 Å². The minimum absolute atomic E-state index is 0. The molecule has 7 heteroatoms. The van der Waals surface area contributed by atoms with Crippen LogP contribution in [0.15, 0.2) is 41.4 Å². The van der Waals surface area contributed by atoms with Gasteiger partial charge in [-0.3, -0.25) is 14.7 Å². The zero-order valence-corrected chi connectivity index (χ0v) is 19.8. The average molecular weight is 499 g/mol. The zero-order chi connectivity index (χ0) is 19.7. The Balaban J connectivity index is 0.00000392. The van der Waals surface area contributed by atoms with Crippen molar-refractivity contribution in [3.8, 4) is 0 Å². The van der Waals surface area contributed by atoms with E-state index in [-0.39, 0.29) is 29.9 Å². The maximum Gasteiger partial charge on any atom is 0.227 e. The molecular formula is C21H34IN5O. The Hall–Kier alpha value is -1.61. The standard InChI is InChI=1S/C21H33N5O.HI/c1-21(2,19(27)22-3)17-24-20(23-4)26-15-13-25(14-16-26)12-8-11-18-9-6-5-7-10-18;/h5-11H,12-17H2,1-4H3,(H,22,27)(H,23,24);1H/b11-8+;. The largest absolute Gasteiger partial charge is 0.359 e. The van der Waals surface area contributed by atoms with Gasteiger partial charge in [0.2, 0.25) is 5.91 Å². The number of amides is 1. The number of nitrogens with one attached hydrogen (secondary N) is 2. The number of hydrogen-bond donors (Lipinski definition) is 2. The fourth-order valence-electron chi connectivity index (χ4n) is 3.10. The summed E-state index contributed by atoms with van der Waals surface area (Å²) in [6.45, 7) is 9.24. The van der Waals surface area contributed by atoms with E-state index in [1.807, 2.05) is 19.9 Å². The molecule has 0 aliphatic carbocycles. The summed E-state index contributed by atoms with van der Waals surface area (Å²) in [5.41, 5.74) is 0.758. The van der Waals surface area contributed by atoms with Gasteiger partial charge in [-0.1, -0.05) is 42.5 Å². The first-order valence-electron chi connectivity index (χ1n) is 9.58. The Morgan fingerprint density at radius 3 is 2.39 bits per heavy atom. The molecule has 1 aromatic rings. The van der Waals surface area contributed by atoms with Crippen LogP contribution in [0.2, 0.25) is 0 Å². The summed E-state index contributed by atoms with van der Waals surface area (Å²) in [6.07, 6.45) is 4.40. The number of hydrogen-bond acceptors (Lipinski definition) is 3. The molecule has 0 bridgehead atoms. The van der Waals surface area contributed by atoms with Crippen LogP contribution in [0.5, 0.6) is 0 Å². The van der Waals surface area contributed by atoms with Crippen molar-refractivity contribution in [1.82, 2.24) is 20.4 Å². The van der Waals surface area contributed by atoms with Crippen LogP contribution in [0, 0.1) is 5.41 Å². The highest BCUT2D eigenvalue weighted by Crippen LogP contribution is 2.13. The van der Waals surface area contributed by atoms with Crippen molar-refractivity contribution in [2.75, 3.05) is 53.4 Å². The molecule has 0 aromatic heterocycles. The summed E-state index contributed by atoms with van der Waals surface area (Å²) in [5, 5.41) is 6.07. The fourth-order valence-corrected chi connectivity index (χ4v) is 3.10. The highest BCUT2D eigenvalue weighted by molar-refractivity contribution is 14.0. The number of aliphatic imine (C=N–C) groups is 1. The lowest BCUT2D eigenvalue weighted by molar-refractivity contribution is -0.128. The topological polar surface area (TPSA) is 60.0 Å². The summed E-state index contributed by atoms with van der Waals surface area (Å²) in [7, 11) is 3.47. The van der Waals surface area contributed by atoms with Crippen molar-refractivity contribution in [3.05, 3.63) is 42.0 Å². The number of piperazine rings is 1. The van der Waals surface area contributed by atoms with Crippen molar-refractivity contribution in [1.29, 1.82) is 0 Å². The second-order valence-electron chi connectivity index (χ2n) is 7.46. The summed E-state index contributed by atoms with van der Waals surface area (Å²) < 4.78 is 0. The molecule has 6 nitrogen and oxygen atoms in total. The van der Waals surface area contributed by atoms with Gasteiger partial charge in [-0.25, -0.2) is 0 Å². The van der Waals surface area contributed by atoms with Crippen molar-refractivity contribution in [2.24, 2.45) is 10.4 Å². The molecular weight excluding hydrogens is 465 g/mol. The van der Waals surface area contributed by atoms with E-state index in [0.717, 1.165) is 38.7 Å². The molecule has 0 atom stereocenters. The Morgan fingerprint density at radius 1 is 1.18 bits per heavy atom. The first kappa shape index (κ1) is 24.4. The Labute approximate surface area is 186 Å². The molecule has 1 aliphatic rings. The van der Waals surface area contributed by atoms with Crippen molar-refractivity contribution in [3.63, 3.8) is 0 Å². The van der Waals surface area contributed by atoms with Crippen LogP contribution in [0.4, 0.5) is 0 Å². The van der Waals surface area contributed by atoms with E-state index in [2.05, 4.69) is 61.8 Å². The molecule has 0 saturated carbocycles. The minimum atomic E-state index is -0.477. The highest BCUT2D eigenvalue weighted by Gasteiger charge is 2.28. The van der Waals surface area contributed by atoms with Gasteiger partial charge in [0.15, 0.2) is 5.96 Å². The summed E-state index contributed by atoms with van der Waals surface area (Å²) in [6, 6.07) is 10.4. The van der Waals surface area contributed by atoms with Gasteiger partial charge >= 0.3 is 0 Å². The fraction of sp³-hybridized carbons (Fsp3) is 0.524. The first-order valence-corrected chi connectivity index (χ1v) is 9.58. The van der Waals surface area contributed by atoms with Crippen molar-refractivity contribution >= 4 is 41.9 Å². The maximum absolute atomic E-state index is 11.9. The predicted octanol–water partition coefficient (Wildman–Crippen LogP) is 2.28. The van der Waals surface area contributed by atoms with E-state index < -0.39 is 5.41 Å². The number of nitrogens with zero attached hydrogens (tertiary/aromatic N) is 3.